The third kappa shape index (κ3) is 6.19. The number of hydrogen-bond donors (Lipinski definition) is 3. The monoisotopic (exact) mass is 271 g/mol. The molecule has 0 radical (unpaired) electrons. The number of carbonyl (C=O) groups is 3. The summed E-state index contributed by atoms with van der Waals surface area (Å²) in [5.41, 5.74) is 0. The van der Waals surface area contributed by atoms with E-state index in [1.54, 1.807) is 0 Å². The van der Waals surface area contributed by atoms with E-state index in [4.69, 9.17) is 5.11 Å². The van der Waals surface area contributed by atoms with Crippen LogP contribution in [0.5, 0.6) is 0 Å². The molecule has 3 amide bonds. The minimum atomic E-state index is -1.05. The molecule has 1 heterocycles. The first-order chi connectivity index (χ1) is 9.01. The van der Waals surface area contributed by atoms with Crippen LogP contribution in [-0.4, -0.2) is 54.1 Å². The Morgan fingerprint density at radius 2 is 2.05 bits per heavy atom. The van der Waals surface area contributed by atoms with Gasteiger partial charge in [-0.25, -0.2) is 4.79 Å². The van der Waals surface area contributed by atoms with E-state index in [0.29, 0.717) is 12.5 Å². The molecule has 0 aromatic heterocycles. The molecule has 0 bridgehead atoms. The van der Waals surface area contributed by atoms with Gasteiger partial charge in [0, 0.05) is 19.5 Å². The van der Waals surface area contributed by atoms with Crippen molar-refractivity contribution in [1.82, 2.24) is 15.5 Å². The standard InChI is InChI=1S/C12H21N3O4/c1-2-15-6-5-9(8-15)7-13-12(19)14-10(16)3-4-11(17)18/h9H,2-8H2,1H3,(H,17,18)(H2,13,14,16,19). The predicted molar refractivity (Wildman–Crippen MR) is 68.6 cm³/mol. The number of carboxylic acid groups (broad SMARTS) is 1. The summed E-state index contributed by atoms with van der Waals surface area (Å²) in [6.07, 6.45) is 0.587. The highest BCUT2D eigenvalue weighted by molar-refractivity contribution is 5.95. The quantitative estimate of drug-likeness (QED) is 0.632. The van der Waals surface area contributed by atoms with Gasteiger partial charge in [0.2, 0.25) is 5.91 Å². The molecule has 0 aliphatic carbocycles. The summed E-state index contributed by atoms with van der Waals surface area (Å²) < 4.78 is 0. The maximum atomic E-state index is 11.4. The molecular formula is C12H21N3O4. The third-order valence-corrected chi connectivity index (χ3v) is 3.19. The lowest BCUT2D eigenvalue weighted by molar-refractivity contribution is -0.138. The van der Waals surface area contributed by atoms with Crippen molar-refractivity contribution in [3.63, 3.8) is 0 Å². The van der Waals surface area contributed by atoms with Gasteiger partial charge < -0.3 is 15.3 Å². The fraction of sp³-hybridized carbons (Fsp3) is 0.750. The number of nitrogens with one attached hydrogen (secondary N) is 2. The van der Waals surface area contributed by atoms with Crippen LogP contribution in [0.1, 0.15) is 26.2 Å². The summed E-state index contributed by atoms with van der Waals surface area (Å²) in [7, 11) is 0. The molecule has 1 saturated heterocycles. The zero-order valence-corrected chi connectivity index (χ0v) is 11.1. The Hall–Kier alpha value is -1.63. The van der Waals surface area contributed by atoms with E-state index in [-0.39, 0.29) is 12.8 Å². The maximum Gasteiger partial charge on any atom is 0.321 e. The Balaban J connectivity index is 2.14. The van der Waals surface area contributed by atoms with Gasteiger partial charge in [-0.1, -0.05) is 6.92 Å². The van der Waals surface area contributed by atoms with E-state index in [1.165, 1.54) is 0 Å². The van der Waals surface area contributed by atoms with Crippen molar-refractivity contribution in [3.05, 3.63) is 0 Å². The van der Waals surface area contributed by atoms with Crippen molar-refractivity contribution in [1.29, 1.82) is 0 Å². The molecule has 1 fully saturated rings. The largest absolute Gasteiger partial charge is 0.481 e. The van der Waals surface area contributed by atoms with Crippen LogP contribution >= 0.6 is 0 Å². The number of nitrogens with zero attached hydrogens (tertiary/aromatic N) is 1. The normalized spacial score (nSPS) is 19.1. The molecule has 0 aromatic carbocycles. The van der Waals surface area contributed by atoms with E-state index in [0.717, 1.165) is 26.1 Å². The fourth-order valence-electron chi connectivity index (χ4n) is 2.06. The third-order valence-electron chi connectivity index (χ3n) is 3.19. The van der Waals surface area contributed by atoms with Crippen LogP contribution in [0, 0.1) is 5.92 Å². The molecule has 1 unspecified atom stereocenters. The number of imide groups is 1. The van der Waals surface area contributed by atoms with Crippen LogP contribution in [0.3, 0.4) is 0 Å². The van der Waals surface area contributed by atoms with Crippen molar-refractivity contribution >= 4 is 17.9 Å². The summed E-state index contributed by atoms with van der Waals surface area (Å²) in [5, 5.41) is 13.2. The zero-order valence-electron chi connectivity index (χ0n) is 11.1. The number of amides is 3. The van der Waals surface area contributed by atoms with Crippen molar-refractivity contribution in [2.75, 3.05) is 26.2 Å². The molecule has 0 spiro atoms. The number of carbonyl (C=O) groups excluding carboxylic acids is 2. The summed E-state index contributed by atoms with van der Waals surface area (Å²) in [5.74, 6) is -1.21. The average molecular weight is 271 g/mol. The van der Waals surface area contributed by atoms with Gasteiger partial charge in [0.1, 0.15) is 0 Å². The number of aliphatic carboxylic acids is 1. The van der Waals surface area contributed by atoms with E-state index in [1.807, 2.05) is 0 Å². The second-order valence-electron chi connectivity index (χ2n) is 4.70. The number of likely N-dealkylation sites (tertiary alicyclic amines) is 1. The predicted octanol–water partition coefficient (Wildman–Crippen LogP) is 0.0188. The van der Waals surface area contributed by atoms with Crippen LogP contribution in [-0.2, 0) is 9.59 Å². The molecule has 19 heavy (non-hydrogen) atoms. The Labute approximate surface area is 112 Å². The van der Waals surface area contributed by atoms with E-state index >= 15 is 0 Å². The molecule has 0 aromatic rings. The minimum absolute atomic E-state index is 0.185. The molecule has 1 rings (SSSR count). The fourth-order valence-corrected chi connectivity index (χ4v) is 2.06. The van der Waals surface area contributed by atoms with Gasteiger partial charge >= 0.3 is 12.0 Å². The highest BCUT2D eigenvalue weighted by Crippen LogP contribution is 2.14. The SMILES string of the molecule is CCN1CCC(CNC(=O)NC(=O)CCC(=O)O)C1. The lowest BCUT2D eigenvalue weighted by atomic mass is 10.1. The molecule has 7 heteroatoms. The van der Waals surface area contributed by atoms with Gasteiger partial charge in [-0.3, -0.25) is 14.9 Å². The number of rotatable bonds is 6. The first-order valence-electron chi connectivity index (χ1n) is 6.53. The van der Waals surface area contributed by atoms with Crippen LogP contribution in [0.4, 0.5) is 4.79 Å². The molecule has 3 N–H and O–H groups in total. The van der Waals surface area contributed by atoms with Crippen molar-refractivity contribution in [2.45, 2.75) is 26.2 Å². The topological polar surface area (TPSA) is 98.7 Å². The van der Waals surface area contributed by atoms with Gasteiger partial charge in [-0.15, -0.1) is 0 Å². The Morgan fingerprint density at radius 3 is 2.63 bits per heavy atom. The molecule has 1 atom stereocenters. The maximum absolute atomic E-state index is 11.4. The number of hydrogen-bond acceptors (Lipinski definition) is 4. The highest BCUT2D eigenvalue weighted by atomic mass is 16.4. The van der Waals surface area contributed by atoms with Crippen molar-refractivity contribution in [2.24, 2.45) is 5.92 Å². The molecule has 108 valence electrons. The summed E-state index contributed by atoms with van der Waals surface area (Å²) >= 11 is 0. The Bertz CT molecular complexity index is 346. The summed E-state index contributed by atoms with van der Waals surface area (Å²) in [6, 6.07) is -0.551. The van der Waals surface area contributed by atoms with Crippen LogP contribution in [0.25, 0.3) is 0 Å². The average Bonchev–Trinajstić information content (AvgIpc) is 2.82. The lowest BCUT2D eigenvalue weighted by Crippen LogP contribution is -2.41. The van der Waals surface area contributed by atoms with Crippen molar-refractivity contribution < 1.29 is 19.5 Å². The highest BCUT2D eigenvalue weighted by Gasteiger charge is 2.21. The molecule has 1 aliphatic rings. The summed E-state index contributed by atoms with van der Waals surface area (Å²) in [4.78, 5) is 35.2. The molecule has 1 aliphatic heterocycles. The van der Waals surface area contributed by atoms with E-state index in [9.17, 15) is 14.4 Å². The van der Waals surface area contributed by atoms with Gasteiger partial charge in [-0.05, 0) is 25.4 Å². The number of urea groups is 1. The van der Waals surface area contributed by atoms with Crippen LogP contribution in [0.2, 0.25) is 0 Å². The van der Waals surface area contributed by atoms with Crippen LogP contribution in [0.15, 0.2) is 0 Å². The Morgan fingerprint density at radius 1 is 1.32 bits per heavy atom. The Kier molecular flexibility index (Phi) is 6.27. The van der Waals surface area contributed by atoms with Gasteiger partial charge in [0.05, 0.1) is 6.42 Å². The van der Waals surface area contributed by atoms with Gasteiger partial charge in [0.15, 0.2) is 0 Å². The molecule has 7 nitrogen and oxygen atoms in total. The molecular weight excluding hydrogens is 250 g/mol. The number of carboxylic acids is 1. The minimum Gasteiger partial charge on any atom is -0.481 e. The zero-order chi connectivity index (χ0) is 14.3. The first-order valence-corrected chi connectivity index (χ1v) is 6.53. The second-order valence-corrected chi connectivity index (χ2v) is 4.70. The van der Waals surface area contributed by atoms with E-state index in [2.05, 4.69) is 22.5 Å². The van der Waals surface area contributed by atoms with Crippen molar-refractivity contribution in [3.8, 4) is 0 Å². The van der Waals surface area contributed by atoms with E-state index < -0.39 is 17.9 Å². The van der Waals surface area contributed by atoms with Gasteiger partial charge in [0.25, 0.3) is 0 Å². The lowest BCUT2D eigenvalue weighted by Gasteiger charge is -2.13. The smallest absolute Gasteiger partial charge is 0.321 e. The summed E-state index contributed by atoms with van der Waals surface area (Å²) in [6.45, 7) is 5.65. The van der Waals surface area contributed by atoms with Crippen LogP contribution < -0.4 is 10.6 Å². The molecule has 0 saturated carbocycles. The van der Waals surface area contributed by atoms with Gasteiger partial charge in [-0.2, -0.15) is 0 Å². The first kappa shape index (κ1) is 15.4. The second kappa shape index (κ2) is 7.73.